The maximum Gasteiger partial charge on any atom is 0.161 e. The van der Waals surface area contributed by atoms with Gasteiger partial charge in [0.2, 0.25) is 0 Å². The van der Waals surface area contributed by atoms with Gasteiger partial charge in [-0.25, -0.2) is 0 Å². The van der Waals surface area contributed by atoms with Crippen molar-refractivity contribution in [2.75, 3.05) is 13.2 Å². The predicted molar refractivity (Wildman–Crippen MR) is 54.0 cm³/mol. The van der Waals surface area contributed by atoms with E-state index in [0.29, 0.717) is 16.3 Å². The minimum atomic E-state index is -0.107. The van der Waals surface area contributed by atoms with Gasteiger partial charge in [0.05, 0.1) is 11.6 Å². The topological polar surface area (TPSA) is 46.5 Å². The molecule has 0 aliphatic carbocycles. The van der Waals surface area contributed by atoms with Crippen LogP contribution in [0.1, 0.15) is 17.3 Å². The fraction of sp³-hybridized carbons (Fsp3) is 0.300. The lowest BCUT2D eigenvalue weighted by molar-refractivity contribution is 0.101. The molecule has 0 bridgehead atoms. The van der Waals surface area contributed by atoms with Crippen LogP contribution in [0.15, 0.2) is 18.2 Å². The molecule has 0 radical (unpaired) electrons. The molecule has 76 valence electrons. The first-order valence-corrected chi connectivity index (χ1v) is 4.57. The summed E-state index contributed by atoms with van der Waals surface area (Å²) in [5.41, 5.74) is 0.433. The fourth-order valence-electron chi connectivity index (χ4n) is 1.05. The average molecular weight is 215 g/mol. The second-order valence-electron chi connectivity index (χ2n) is 2.75. The third kappa shape index (κ3) is 2.47. The summed E-state index contributed by atoms with van der Waals surface area (Å²) in [4.78, 5) is 11.1. The van der Waals surface area contributed by atoms with E-state index in [4.69, 9.17) is 21.4 Å². The van der Waals surface area contributed by atoms with Gasteiger partial charge in [-0.15, -0.1) is 0 Å². The first kappa shape index (κ1) is 11.0. The van der Waals surface area contributed by atoms with E-state index in [1.165, 1.54) is 6.92 Å². The molecule has 3 nitrogen and oxygen atoms in total. The molecule has 0 spiro atoms. The molecule has 1 aromatic rings. The number of benzene rings is 1. The van der Waals surface area contributed by atoms with Gasteiger partial charge in [-0.3, -0.25) is 4.79 Å². The molecular weight excluding hydrogens is 204 g/mol. The number of halogens is 1. The van der Waals surface area contributed by atoms with E-state index < -0.39 is 0 Å². The number of aliphatic hydroxyl groups is 1. The van der Waals surface area contributed by atoms with E-state index in [0.717, 1.165) is 0 Å². The Morgan fingerprint density at radius 3 is 2.86 bits per heavy atom. The Bertz CT molecular complexity index is 336. The van der Waals surface area contributed by atoms with Crippen molar-refractivity contribution in [1.29, 1.82) is 0 Å². The normalized spacial score (nSPS) is 9.93. The third-order valence-corrected chi connectivity index (χ3v) is 2.08. The van der Waals surface area contributed by atoms with Gasteiger partial charge in [0.1, 0.15) is 12.4 Å². The molecule has 0 aromatic heterocycles. The zero-order chi connectivity index (χ0) is 10.6. The highest BCUT2D eigenvalue weighted by Crippen LogP contribution is 2.28. The molecule has 0 heterocycles. The lowest BCUT2D eigenvalue weighted by atomic mass is 10.1. The number of carbonyl (C=O) groups is 1. The van der Waals surface area contributed by atoms with E-state index in [1.807, 2.05) is 0 Å². The van der Waals surface area contributed by atoms with E-state index >= 15 is 0 Å². The van der Waals surface area contributed by atoms with Crippen LogP contribution in [0.25, 0.3) is 0 Å². The molecule has 0 atom stereocenters. The summed E-state index contributed by atoms with van der Waals surface area (Å²) in [6.45, 7) is 1.53. The van der Waals surface area contributed by atoms with Crippen molar-refractivity contribution in [2.45, 2.75) is 6.92 Å². The van der Waals surface area contributed by atoms with Gasteiger partial charge in [-0.2, -0.15) is 0 Å². The Labute approximate surface area is 87.3 Å². The zero-order valence-electron chi connectivity index (χ0n) is 7.79. The van der Waals surface area contributed by atoms with Crippen molar-refractivity contribution in [2.24, 2.45) is 0 Å². The number of hydrogen-bond donors (Lipinski definition) is 1. The average Bonchev–Trinajstić information content (AvgIpc) is 2.16. The highest BCUT2D eigenvalue weighted by molar-refractivity contribution is 6.35. The van der Waals surface area contributed by atoms with Crippen LogP contribution in [0, 0.1) is 0 Å². The summed E-state index contributed by atoms with van der Waals surface area (Å²) in [7, 11) is 0. The van der Waals surface area contributed by atoms with Crippen molar-refractivity contribution < 1.29 is 14.6 Å². The lowest BCUT2D eigenvalue weighted by Gasteiger charge is -2.08. The quantitative estimate of drug-likeness (QED) is 0.779. The molecule has 0 aliphatic heterocycles. The summed E-state index contributed by atoms with van der Waals surface area (Å²) in [5.74, 6) is 0.317. The second kappa shape index (κ2) is 4.98. The van der Waals surface area contributed by atoms with Crippen molar-refractivity contribution in [1.82, 2.24) is 0 Å². The number of ketones is 1. The van der Waals surface area contributed by atoms with Gasteiger partial charge in [0.25, 0.3) is 0 Å². The molecule has 0 unspecified atom stereocenters. The predicted octanol–water partition coefficient (Wildman–Crippen LogP) is 1.91. The van der Waals surface area contributed by atoms with Crippen LogP contribution in [0.2, 0.25) is 5.02 Å². The lowest BCUT2D eigenvalue weighted by Crippen LogP contribution is -2.03. The van der Waals surface area contributed by atoms with Gasteiger partial charge in [0, 0.05) is 5.56 Å². The monoisotopic (exact) mass is 214 g/mol. The molecule has 0 amide bonds. The number of hydrogen-bond acceptors (Lipinski definition) is 3. The van der Waals surface area contributed by atoms with Crippen LogP contribution in [0.4, 0.5) is 0 Å². The largest absolute Gasteiger partial charge is 0.490 e. The number of Topliss-reactive ketones (excluding diaryl/α,β-unsaturated/α-hetero) is 1. The van der Waals surface area contributed by atoms with Gasteiger partial charge in [-0.05, 0) is 19.1 Å². The molecule has 1 N–H and O–H groups in total. The molecule has 0 aliphatic rings. The van der Waals surface area contributed by atoms with Crippen LogP contribution >= 0.6 is 11.6 Å². The van der Waals surface area contributed by atoms with Crippen molar-refractivity contribution in [3.8, 4) is 5.75 Å². The van der Waals surface area contributed by atoms with E-state index in [1.54, 1.807) is 18.2 Å². The number of ether oxygens (including phenoxy) is 1. The molecular formula is C10H11ClO3. The SMILES string of the molecule is CC(=O)c1cccc(OCCO)c1Cl. The van der Waals surface area contributed by atoms with Crippen LogP contribution in [0.5, 0.6) is 5.75 Å². The highest BCUT2D eigenvalue weighted by atomic mass is 35.5. The van der Waals surface area contributed by atoms with Gasteiger partial charge < -0.3 is 9.84 Å². The summed E-state index contributed by atoms with van der Waals surface area (Å²) >= 11 is 5.91. The van der Waals surface area contributed by atoms with Gasteiger partial charge >= 0.3 is 0 Å². The summed E-state index contributed by atoms with van der Waals surface area (Å²) < 4.78 is 5.14. The van der Waals surface area contributed by atoms with Crippen molar-refractivity contribution in [3.63, 3.8) is 0 Å². The summed E-state index contributed by atoms with van der Waals surface area (Å²) in [6.07, 6.45) is 0. The number of rotatable bonds is 4. The standard InChI is InChI=1S/C10H11ClO3/c1-7(13)8-3-2-4-9(10(8)11)14-6-5-12/h2-4,12H,5-6H2,1H3. The van der Waals surface area contributed by atoms with E-state index in [9.17, 15) is 4.79 Å². The molecule has 0 saturated carbocycles. The first-order chi connectivity index (χ1) is 6.66. The molecule has 4 heteroatoms. The Morgan fingerprint density at radius 2 is 2.29 bits per heavy atom. The minimum absolute atomic E-state index is 0.0827. The van der Waals surface area contributed by atoms with E-state index in [-0.39, 0.29) is 19.0 Å². The smallest absolute Gasteiger partial charge is 0.161 e. The Morgan fingerprint density at radius 1 is 1.57 bits per heavy atom. The van der Waals surface area contributed by atoms with Crippen LogP contribution in [-0.2, 0) is 0 Å². The molecule has 14 heavy (non-hydrogen) atoms. The Balaban J connectivity index is 2.95. The summed E-state index contributed by atoms with van der Waals surface area (Å²) in [5, 5.41) is 8.86. The molecule has 0 fully saturated rings. The van der Waals surface area contributed by atoms with E-state index in [2.05, 4.69) is 0 Å². The zero-order valence-corrected chi connectivity index (χ0v) is 8.54. The van der Waals surface area contributed by atoms with Crippen molar-refractivity contribution >= 4 is 17.4 Å². The number of carbonyl (C=O) groups excluding carboxylic acids is 1. The molecule has 0 saturated heterocycles. The fourth-order valence-corrected chi connectivity index (χ4v) is 1.36. The maximum absolute atomic E-state index is 11.1. The van der Waals surface area contributed by atoms with Crippen LogP contribution < -0.4 is 4.74 Å². The van der Waals surface area contributed by atoms with Gasteiger partial charge in [-0.1, -0.05) is 17.7 Å². The molecule has 1 rings (SSSR count). The maximum atomic E-state index is 11.1. The van der Waals surface area contributed by atoms with Crippen LogP contribution in [0.3, 0.4) is 0 Å². The third-order valence-electron chi connectivity index (χ3n) is 1.69. The summed E-state index contributed by atoms with van der Waals surface area (Å²) in [6, 6.07) is 4.98. The Hall–Kier alpha value is -1.06. The Kier molecular flexibility index (Phi) is 3.92. The van der Waals surface area contributed by atoms with Crippen LogP contribution in [-0.4, -0.2) is 24.1 Å². The minimum Gasteiger partial charge on any atom is -0.490 e. The highest BCUT2D eigenvalue weighted by Gasteiger charge is 2.09. The van der Waals surface area contributed by atoms with Crippen molar-refractivity contribution in [3.05, 3.63) is 28.8 Å². The number of aliphatic hydroxyl groups excluding tert-OH is 1. The van der Waals surface area contributed by atoms with Gasteiger partial charge in [0.15, 0.2) is 5.78 Å². The first-order valence-electron chi connectivity index (χ1n) is 4.20. The molecule has 1 aromatic carbocycles. The second-order valence-corrected chi connectivity index (χ2v) is 3.12.